The molecule has 0 aliphatic carbocycles. The van der Waals surface area contributed by atoms with Crippen LogP contribution in [0, 0.1) is 5.82 Å². The molecular formula is C12H17FN2O2. The van der Waals surface area contributed by atoms with Crippen LogP contribution in [0.5, 0.6) is 0 Å². The Labute approximate surface area is 100 Å². The smallest absolute Gasteiger partial charge is 0.322 e. The molecule has 0 saturated carbocycles. The van der Waals surface area contributed by atoms with E-state index in [1.165, 1.54) is 12.1 Å². The number of benzene rings is 1. The van der Waals surface area contributed by atoms with Gasteiger partial charge in [0.2, 0.25) is 0 Å². The summed E-state index contributed by atoms with van der Waals surface area (Å²) in [6.07, 6.45) is 0. The third-order valence-corrected chi connectivity index (χ3v) is 2.51. The minimum absolute atomic E-state index is 0.268. The van der Waals surface area contributed by atoms with Crippen molar-refractivity contribution in [3.05, 3.63) is 35.6 Å². The molecule has 17 heavy (non-hydrogen) atoms. The second-order valence-electron chi connectivity index (χ2n) is 4.00. The molecule has 0 heterocycles. The molecule has 0 spiro atoms. The van der Waals surface area contributed by atoms with Gasteiger partial charge in [-0.25, -0.2) is 4.39 Å². The number of likely N-dealkylation sites (N-methyl/N-ethyl adjacent to an activating group) is 2. The zero-order chi connectivity index (χ0) is 12.8. The van der Waals surface area contributed by atoms with Crippen LogP contribution in [0.1, 0.15) is 5.56 Å². The fourth-order valence-corrected chi connectivity index (χ4v) is 1.57. The highest BCUT2D eigenvalue weighted by atomic mass is 19.1. The second kappa shape index (κ2) is 6.32. The van der Waals surface area contributed by atoms with Crippen molar-refractivity contribution in [3.8, 4) is 0 Å². The Kier molecular flexibility index (Phi) is 5.06. The molecule has 0 bridgehead atoms. The number of hydrogen-bond acceptors (Lipinski definition) is 3. The summed E-state index contributed by atoms with van der Waals surface area (Å²) in [6, 6.07) is 5.59. The minimum atomic E-state index is -0.876. The lowest BCUT2D eigenvalue weighted by Gasteiger charge is -2.21. The maximum Gasteiger partial charge on any atom is 0.322 e. The molecule has 5 heteroatoms. The summed E-state index contributed by atoms with van der Waals surface area (Å²) < 4.78 is 12.7. The number of carboxylic acids is 1. The Morgan fingerprint density at radius 2 is 2.06 bits per heavy atom. The van der Waals surface area contributed by atoms with Crippen LogP contribution in [0.3, 0.4) is 0 Å². The van der Waals surface area contributed by atoms with Gasteiger partial charge in [0.05, 0.1) is 0 Å². The molecule has 1 aromatic carbocycles. The van der Waals surface area contributed by atoms with Gasteiger partial charge >= 0.3 is 5.97 Å². The lowest BCUT2D eigenvalue weighted by Crippen LogP contribution is -2.43. The van der Waals surface area contributed by atoms with Gasteiger partial charge in [0, 0.05) is 13.1 Å². The van der Waals surface area contributed by atoms with Crippen molar-refractivity contribution < 1.29 is 14.3 Å². The average Bonchev–Trinajstić information content (AvgIpc) is 2.28. The number of carbonyl (C=O) groups is 1. The number of halogens is 1. The third-order valence-electron chi connectivity index (χ3n) is 2.51. The normalized spacial score (nSPS) is 12.7. The lowest BCUT2D eigenvalue weighted by atomic mass is 10.2. The number of nitrogens with one attached hydrogen (secondary N) is 1. The maximum atomic E-state index is 12.7. The van der Waals surface area contributed by atoms with Crippen molar-refractivity contribution in [1.82, 2.24) is 10.2 Å². The Morgan fingerprint density at radius 3 is 2.53 bits per heavy atom. The van der Waals surface area contributed by atoms with Crippen LogP contribution in [-0.2, 0) is 11.3 Å². The molecule has 4 nitrogen and oxygen atoms in total. The summed E-state index contributed by atoms with van der Waals surface area (Å²) in [6.45, 7) is 0.981. The first-order chi connectivity index (χ1) is 8.02. The molecule has 1 atom stereocenters. The van der Waals surface area contributed by atoms with Crippen molar-refractivity contribution in [2.24, 2.45) is 0 Å². The predicted molar refractivity (Wildman–Crippen MR) is 63.2 cm³/mol. The summed E-state index contributed by atoms with van der Waals surface area (Å²) >= 11 is 0. The number of rotatable bonds is 6. The van der Waals surface area contributed by atoms with E-state index in [0.717, 1.165) is 5.56 Å². The van der Waals surface area contributed by atoms with Gasteiger partial charge in [-0.05, 0) is 31.8 Å². The fraction of sp³-hybridized carbons (Fsp3) is 0.417. The molecule has 2 N–H and O–H groups in total. The molecule has 94 valence electrons. The molecule has 0 aliphatic rings. The molecule has 1 rings (SSSR count). The van der Waals surface area contributed by atoms with Gasteiger partial charge in [-0.3, -0.25) is 9.69 Å². The van der Waals surface area contributed by atoms with Gasteiger partial charge in [0.15, 0.2) is 0 Å². The van der Waals surface area contributed by atoms with Crippen LogP contribution in [0.2, 0.25) is 0 Å². The largest absolute Gasteiger partial charge is 0.480 e. The predicted octanol–water partition coefficient (Wildman–Crippen LogP) is 0.930. The van der Waals surface area contributed by atoms with E-state index in [1.807, 2.05) is 11.9 Å². The van der Waals surface area contributed by atoms with Crippen LogP contribution in [0.4, 0.5) is 4.39 Å². The Hall–Kier alpha value is -1.46. The van der Waals surface area contributed by atoms with Gasteiger partial charge in [-0.1, -0.05) is 12.1 Å². The van der Waals surface area contributed by atoms with E-state index in [9.17, 15) is 9.18 Å². The molecule has 0 saturated heterocycles. The molecular weight excluding hydrogens is 223 g/mol. The monoisotopic (exact) mass is 240 g/mol. The van der Waals surface area contributed by atoms with Crippen LogP contribution >= 0.6 is 0 Å². The van der Waals surface area contributed by atoms with E-state index in [2.05, 4.69) is 5.32 Å². The van der Waals surface area contributed by atoms with Gasteiger partial charge in [0.1, 0.15) is 11.9 Å². The van der Waals surface area contributed by atoms with Gasteiger partial charge in [0.25, 0.3) is 0 Å². The summed E-state index contributed by atoms with van der Waals surface area (Å²) in [5.74, 6) is -1.14. The number of aliphatic carboxylic acids is 1. The van der Waals surface area contributed by atoms with Crippen LogP contribution in [0.25, 0.3) is 0 Å². The van der Waals surface area contributed by atoms with Crippen LogP contribution in [0.15, 0.2) is 24.3 Å². The molecule has 0 amide bonds. The highest BCUT2D eigenvalue weighted by molar-refractivity contribution is 5.73. The average molecular weight is 240 g/mol. The van der Waals surface area contributed by atoms with Gasteiger partial charge in [-0.15, -0.1) is 0 Å². The van der Waals surface area contributed by atoms with E-state index in [4.69, 9.17) is 5.11 Å². The summed E-state index contributed by atoms with van der Waals surface area (Å²) in [4.78, 5) is 12.7. The van der Waals surface area contributed by atoms with Crippen molar-refractivity contribution >= 4 is 5.97 Å². The summed E-state index contributed by atoms with van der Waals surface area (Å²) in [7, 11) is 3.45. The Balaban J connectivity index is 2.51. The van der Waals surface area contributed by atoms with Crippen molar-refractivity contribution in [1.29, 1.82) is 0 Å². The van der Waals surface area contributed by atoms with Gasteiger partial charge in [-0.2, -0.15) is 0 Å². The standard InChI is InChI=1S/C12H17FN2O2/c1-14-11(12(16)17)8-15(2)7-9-3-5-10(13)6-4-9/h3-6,11,14H,7-8H2,1-2H3,(H,16,17). The summed E-state index contributed by atoms with van der Waals surface area (Å²) in [5, 5.41) is 11.6. The van der Waals surface area contributed by atoms with Crippen molar-refractivity contribution in [3.63, 3.8) is 0 Å². The van der Waals surface area contributed by atoms with E-state index < -0.39 is 12.0 Å². The molecule has 0 aliphatic heterocycles. The molecule has 1 unspecified atom stereocenters. The molecule has 0 fully saturated rings. The third kappa shape index (κ3) is 4.50. The van der Waals surface area contributed by atoms with E-state index in [0.29, 0.717) is 13.1 Å². The second-order valence-corrected chi connectivity index (χ2v) is 4.00. The topological polar surface area (TPSA) is 52.6 Å². The van der Waals surface area contributed by atoms with Crippen LogP contribution in [-0.4, -0.2) is 42.7 Å². The molecule has 1 aromatic rings. The first-order valence-electron chi connectivity index (χ1n) is 5.36. The molecule has 0 radical (unpaired) electrons. The zero-order valence-electron chi connectivity index (χ0n) is 9.98. The minimum Gasteiger partial charge on any atom is -0.480 e. The van der Waals surface area contributed by atoms with E-state index in [-0.39, 0.29) is 5.82 Å². The lowest BCUT2D eigenvalue weighted by molar-refractivity contribution is -0.139. The number of hydrogen-bond donors (Lipinski definition) is 2. The number of nitrogens with zero attached hydrogens (tertiary/aromatic N) is 1. The summed E-state index contributed by atoms with van der Waals surface area (Å²) in [5.41, 5.74) is 0.953. The van der Waals surface area contributed by atoms with Crippen LogP contribution < -0.4 is 5.32 Å². The first-order valence-corrected chi connectivity index (χ1v) is 5.36. The van der Waals surface area contributed by atoms with Crippen molar-refractivity contribution in [2.45, 2.75) is 12.6 Å². The van der Waals surface area contributed by atoms with Gasteiger partial charge < -0.3 is 10.4 Å². The highest BCUT2D eigenvalue weighted by Crippen LogP contribution is 2.05. The highest BCUT2D eigenvalue weighted by Gasteiger charge is 2.16. The quantitative estimate of drug-likeness (QED) is 0.776. The first kappa shape index (κ1) is 13.6. The van der Waals surface area contributed by atoms with E-state index in [1.54, 1.807) is 19.2 Å². The Bertz CT molecular complexity index is 367. The maximum absolute atomic E-state index is 12.7. The fourth-order valence-electron chi connectivity index (χ4n) is 1.57. The van der Waals surface area contributed by atoms with Crippen molar-refractivity contribution in [2.75, 3.05) is 20.6 Å². The zero-order valence-corrected chi connectivity index (χ0v) is 9.98. The molecule has 0 aromatic heterocycles. The number of carboxylic acid groups (broad SMARTS) is 1. The Morgan fingerprint density at radius 1 is 1.47 bits per heavy atom. The van der Waals surface area contributed by atoms with E-state index >= 15 is 0 Å². The SMILES string of the molecule is CNC(CN(C)Cc1ccc(F)cc1)C(=O)O.